The molecule has 142 valence electrons. The standard InChI is InChI=1S/C23H28N2O2/c26-23(27)20-8-6-17(7-9-20)15-25-11-10-18(16-25)13-24-14-21-12-22(21)19-4-2-1-3-5-19/h1-9,18,21-22,24H,10-16H2,(H,26,27)/t18-,21?,22?/m0/s1. The average molecular weight is 364 g/mol. The summed E-state index contributed by atoms with van der Waals surface area (Å²) < 4.78 is 0. The SMILES string of the molecule is O=C(O)c1ccc(CN2CC[C@@H](CNCC3CC3c3ccccc3)C2)cc1. The van der Waals surface area contributed by atoms with Crippen LogP contribution < -0.4 is 5.32 Å². The minimum atomic E-state index is -0.862. The van der Waals surface area contributed by atoms with E-state index in [1.54, 1.807) is 12.1 Å². The summed E-state index contributed by atoms with van der Waals surface area (Å²) in [6.45, 7) is 5.40. The van der Waals surface area contributed by atoms with Crippen LogP contribution in [-0.4, -0.2) is 42.2 Å². The lowest BCUT2D eigenvalue weighted by atomic mass is 10.1. The normalized spacial score (nSPS) is 24.8. The summed E-state index contributed by atoms with van der Waals surface area (Å²) in [6.07, 6.45) is 2.56. The zero-order chi connectivity index (χ0) is 18.6. The quantitative estimate of drug-likeness (QED) is 0.751. The van der Waals surface area contributed by atoms with Crippen molar-refractivity contribution in [2.45, 2.75) is 25.3 Å². The third-order valence-corrected chi connectivity index (χ3v) is 5.97. The molecule has 4 heteroatoms. The van der Waals surface area contributed by atoms with Gasteiger partial charge in [0, 0.05) is 13.1 Å². The van der Waals surface area contributed by atoms with Crippen molar-refractivity contribution in [3.63, 3.8) is 0 Å². The van der Waals surface area contributed by atoms with Crippen LogP contribution in [0.25, 0.3) is 0 Å². The Kier molecular flexibility index (Phi) is 5.55. The number of hydrogen-bond acceptors (Lipinski definition) is 3. The molecule has 1 aliphatic carbocycles. The molecule has 0 aromatic heterocycles. The molecular weight excluding hydrogens is 336 g/mol. The second-order valence-electron chi connectivity index (χ2n) is 8.06. The molecule has 1 saturated carbocycles. The summed E-state index contributed by atoms with van der Waals surface area (Å²) in [6, 6.07) is 18.1. The van der Waals surface area contributed by atoms with Crippen LogP contribution in [0.2, 0.25) is 0 Å². The first kappa shape index (κ1) is 18.2. The van der Waals surface area contributed by atoms with E-state index in [0.717, 1.165) is 50.5 Å². The summed E-state index contributed by atoms with van der Waals surface area (Å²) in [5.41, 5.74) is 3.04. The molecule has 2 aromatic carbocycles. The maximum atomic E-state index is 10.9. The van der Waals surface area contributed by atoms with Crippen LogP contribution in [0.1, 0.15) is 40.2 Å². The summed E-state index contributed by atoms with van der Waals surface area (Å²) in [5, 5.41) is 12.7. The van der Waals surface area contributed by atoms with Gasteiger partial charge < -0.3 is 10.4 Å². The molecule has 0 spiro atoms. The van der Waals surface area contributed by atoms with Crippen molar-refractivity contribution in [2.75, 3.05) is 26.2 Å². The first-order valence-corrected chi connectivity index (χ1v) is 9.99. The predicted octanol–water partition coefficient (Wildman–Crippen LogP) is 3.60. The molecule has 0 amide bonds. The lowest BCUT2D eigenvalue weighted by Crippen LogP contribution is -2.27. The van der Waals surface area contributed by atoms with Gasteiger partial charge in [-0.3, -0.25) is 4.90 Å². The summed E-state index contributed by atoms with van der Waals surface area (Å²) >= 11 is 0. The van der Waals surface area contributed by atoms with Gasteiger partial charge >= 0.3 is 5.97 Å². The van der Waals surface area contributed by atoms with Gasteiger partial charge in [0.1, 0.15) is 0 Å². The summed E-state index contributed by atoms with van der Waals surface area (Å²) in [5.74, 6) is 1.42. The first-order valence-electron chi connectivity index (χ1n) is 9.99. The lowest BCUT2D eigenvalue weighted by molar-refractivity contribution is 0.0697. The van der Waals surface area contributed by atoms with Gasteiger partial charge in [-0.05, 0) is 73.5 Å². The van der Waals surface area contributed by atoms with Crippen LogP contribution in [0.3, 0.4) is 0 Å². The maximum absolute atomic E-state index is 10.9. The molecule has 1 saturated heterocycles. The van der Waals surface area contributed by atoms with E-state index in [0.29, 0.717) is 5.56 Å². The van der Waals surface area contributed by atoms with Crippen molar-refractivity contribution < 1.29 is 9.90 Å². The van der Waals surface area contributed by atoms with Crippen molar-refractivity contribution >= 4 is 5.97 Å². The van der Waals surface area contributed by atoms with Crippen molar-refractivity contribution in [3.8, 4) is 0 Å². The van der Waals surface area contributed by atoms with Gasteiger partial charge in [-0.25, -0.2) is 4.79 Å². The summed E-state index contributed by atoms with van der Waals surface area (Å²) in [4.78, 5) is 13.4. The minimum absolute atomic E-state index is 0.358. The number of likely N-dealkylation sites (tertiary alicyclic amines) is 1. The second kappa shape index (κ2) is 8.24. The van der Waals surface area contributed by atoms with Crippen LogP contribution in [-0.2, 0) is 6.54 Å². The fraction of sp³-hybridized carbons (Fsp3) is 0.435. The number of nitrogens with zero attached hydrogens (tertiary/aromatic N) is 1. The zero-order valence-electron chi connectivity index (χ0n) is 15.7. The van der Waals surface area contributed by atoms with E-state index >= 15 is 0 Å². The molecule has 2 N–H and O–H groups in total. The van der Waals surface area contributed by atoms with E-state index in [1.807, 2.05) is 12.1 Å². The Morgan fingerprint density at radius 1 is 1.07 bits per heavy atom. The van der Waals surface area contributed by atoms with Gasteiger partial charge in [0.25, 0.3) is 0 Å². The molecule has 4 rings (SSSR count). The Balaban J connectivity index is 1.16. The molecule has 2 aromatic rings. The molecule has 0 bridgehead atoms. The molecule has 1 aliphatic heterocycles. The number of hydrogen-bond donors (Lipinski definition) is 2. The molecule has 4 nitrogen and oxygen atoms in total. The maximum Gasteiger partial charge on any atom is 0.335 e. The van der Waals surface area contributed by atoms with Gasteiger partial charge in [-0.15, -0.1) is 0 Å². The van der Waals surface area contributed by atoms with E-state index in [2.05, 4.69) is 40.5 Å². The Hall–Kier alpha value is -2.17. The van der Waals surface area contributed by atoms with Crippen LogP contribution >= 0.6 is 0 Å². The summed E-state index contributed by atoms with van der Waals surface area (Å²) in [7, 11) is 0. The smallest absolute Gasteiger partial charge is 0.335 e. The second-order valence-corrected chi connectivity index (χ2v) is 8.06. The molecule has 1 heterocycles. The van der Waals surface area contributed by atoms with Crippen molar-refractivity contribution in [1.82, 2.24) is 10.2 Å². The van der Waals surface area contributed by atoms with Crippen molar-refractivity contribution in [3.05, 3.63) is 71.3 Å². The van der Waals surface area contributed by atoms with Crippen molar-refractivity contribution in [2.24, 2.45) is 11.8 Å². The molecule has 3 atom stereocenters. The van der Waals surface area contributed by atoms with E-state index in [1.165, 1.54) is 24.0 Å². The van der Waals surface area contributed by atoms with Gasteiger partial charge in [0.2, 0.25) is 0 Å². The fourth-order valence-corrected chi connectivity index (χ4v) is 4.29. The molecule has 0 radical (unpaired) electrons. The highest BCUT2D eigenvalue weighted by Crippen LogP contribution is 2.46. The Bertz CT molecular complexity index is 760. The van der Waals surface area contributed by atoms with Crippen LogP contribution in [0.15, 0.2) is 54.6 Å². The van der Waals surface area contributed by atoms with Gasteiger partial charge in [-0.1, -0.05) is 42.5 Å². The topological polar surface area (TPSA) is 52.6 Å². The number of rotatable bonds is 8. The lowest BCUT2D eigenvalue weighted by Gasteiger charge is -2.16. The number of carboxylic acid groups (broad SMARTS) is 1. The van der Waals surface area contributed by atoms with Gasteiger partial charge in [-0.2, -0.15) is 0 Å². The number of nitrogens with one attached hydrogen (secondary N) is 1. The number of carboxylic acids is 1. The molecular formula is C23H28N2O2. The van der Waals surface area contributed by atoms with E-state index < -0.39 is 5.97 Å². The van der Waals surface area contributed by atoms with Crippen LogP contribution in [0.4, 0.5) is 0 Å². The minimum Gasteiger partial charge on any atom is -0.478 e. The Morgan fingerprint density at radius 2 is 1.85 bits per heavy atom. The molecule has 2 unspecified atom stereocenters. The Morgan fingerprint density at radius 3 is 2.59 bits per heavy atom. The molecule has 2 aliphatic rings. The number of carbonyl (C=O) groups is 1. The van der Waals surface area contributed by atoms with E-state index in [4.69, 9.17) is 5.11 Å². The number of aromatic carboxylic acids is 1. The third kappa shape index (κ3) is 4.76. The van der Waals surface area contributed by atoms with E-state index in [9.17, 15) is 4.79 Å². The average Bonchev–Trinajstić information content (AvgIpc) is 3.33. The molecule has 2 fully saturated rings. The van der Waals surface area contributed by atoms with Crippen molar-refractivity contribution in [1.29, 1.82) is 0 Å². The number of benzene rings is 2. The van der Waals surface area contributed by atoms with E-state index in [-0.39, 0.29) is 0 Å². The fourth-order valence-electron chi connectivity index (χ4n) is 4.29. The molecule has 27 heavy (non-hydrogen) atoms. The van der Waals surface area contributed by atoms with Crippen LogP contribution in [0.5, 0.6) is 0 Å². The highest BCUT2D eigenvalue weighted by atomic mass is 16.4. The highest BCUT2D eigenvalue weighted by molar-refractivity contribution is 5.87. The third-order valence-electron chi connectivity index (χ3n) is 5.97. The monoisotopic (exact) mass is 364 g/mol. The van der Waals surface area contributed by atoms with Gasteiger partial charge in [0.05, 0.1) is 5.56 Å². The van der Waals surface area contributed by atoms with Crippen LogP contribution in [0, 0.1) is 11.8 Å². The zero-order valence-corrected chi connectivity index (χ0v) is 15.7. The first-order chi connectivity index (χ1) is 13.2. The Labute approximate surface area is 161 Å². The van der Waals surface area contributed by atoms with Gasteiger partial charge in [0.15, 0.2) is 0 Å². The largest absolute Gasteiger partial charge is 0.478 e. The highest BCUT2D eigenvalue weighted by Gasteiger charge is 2.37. The predicted molar refractivity (Wildman–Crippen MR) is 107 cm³/mol.